The Morgan fingerprint density at radius 3 is 2.67 bits per heavy atom. The normalized spacial score (nSPS) is 27.4. The van der Waals surface area contributed by atoms with Gasteiger partial charge in [-0.3, -0.25) is 4.79 Å². The average molecular weight is 210 g/mol. The number of allylic oxidation sites excluding steroid dienone is 1. The predicted molar refractivity (Wildman–Crippen MR) is 57.4 cm³/mol. The Bertz CT molecular complexity index is 256. The molecular formula is C12H18O3. The first-order valence-corrected chi connectivity index (χ1v) is 5.60. The van der Waals surface area contributed by atoms with Gasteiger partial charge in [-0.1, -0.05) is 12.8 Å². The van der Waals surface area contributed by atoms with E-state index in [9.17, 15) is 9.59 Å². The molecule has 0 N–H and O–H groups in total. The maximum atomic E-state index is 11.2. The van der Waals surface area contributed by atoms with Gasteiger partial charge < -0.3 is 4.74 Å². The van der Waals surface area contributed by atoms with E-state index in [-0.39, 0.29) is 11.9 Å². The lowest BCUT2D eigenvalue weighted by Gasteiger charge is -2.12. The second-order valence-electron chi connectivity index (χ2n) is 4.00. The smallest absolute Gasteiger partial charge is 0.331 e. The van der Waals surface area contributed by atoms with Gasteiger partial charge in [0.25, 0.3) is 0 Å². The Hall–Kier alpha value is -1.12. The van der Waals surface area contributed by atoms with E-state index in [0.717, 1.165) is 32.1 Å². The summed E-state index contributed by atoms with van der Waals surface area (Å²) in [5, 5.41) is 0. The van der Waals surface area contributed by atoms with E-state index in [2.05, 4.69) is 0 Å². The Morgan fingerprint density at radius 1 is 1.13 bits per heavy atom. The highest BCUT2D eigenvalue weighted by Crippen LogP contribution is 2.11. The molecule has 3 heteroatoms. The molecule has 1 atom stereocenters. The van der Waals surface area contributed by atoms with Crippen LogP contribution >= 0.6 is 0 Å². The van der Waals surface area contributed by atoms with Crippen molar-refractivity contribution in [2.75, 3.05) is 0 Å². The summed E-state index contributed by atoms with van der Waals surface area (Å²) >= 11 is 0. The zero-order valence-electron chi connectivity index (χ0n) is 9.20. The van der Waals surface area contributed by atoms with Crippen LogP contribution in [-0.4, -0.2) is 17.9 Å². The zero-order valence-corrected chi connectivity index (χ0v) is 9.20. The van der Waals surface area contributed by atoms with Crippen LogP contribution in [0.5, 0.6) is 0 Å². The minimum Gasteiger partial charge on any atom is -0.460 e. The van der Waals surface area contributed by atoms with Gasteiger partial charge in [-0.05, 0) is 32.3 Å². The summed E-state index contributed by atoms with van der Waals surface area (Å²) < 4.78 is 5.09. The fourth-order valence-corrected chi connectivity index (χ4v) is 1.63. The third-order valence-electron chi connectivity index (χ3n) is 2.51. The van der Waals surface area contributed by atoms with Gasteiger partial charge in [0.15, 0.2) is 5.78 Å². The lowest BCUT2D eigenvalue weighted by molar-refractivity contribution is -0.142. The summed E-state index contributed by atoms with van der Waals surface area (Å²) in [5.74, 6) is -0.392. The van der Waals surface area contributed by atoms with Gasteiger partial charge in [0.05, 0.1) is 6.10 Å². The van der Waals surface area contributed by atoms with Crippen molar-refractivity contribution in [2.45, 2.75) is 51.6 Å². The number of hydrogen-bond acceptors (Lipinski definition) is 3. The number of ether oxygens (including phenoxy) is 1. The van der Waals surface area contributed by atoms with Crippen LogP contribution in [-0.2, 0) is 14.3 Å². The fraction of sp³-hybridized carbons (Fsp3) is 0.667. The Balaban J connectivity index is 2.52. The van der Waals surface area contributed by atoms with Gasteiger partial charge in [-0.25, -0.2) is 4.79 Å². The van der Waals surface area contributed by atoms with Crippen LogP contribution in [0.3, 0.4) is 0 Å². The lowest BCUT2D eigenvalue weighted by Crippen LogP contribution is -2.13. The third-order valence-corrected chi connectivity index (χ3v) is 2.51. The van der Waals surface area contributed by atoms with E-state index in [1.54, 1.807) is 0 Å². The summed E-state index contributed by atoms with van der Waals surface area (Å²) in [5.41, 5.74) is 0. The van der Waals surface area contributed by atoms with Crippen molar-refractivity contribution in [3.8, 4) is 0 Å². The molecule has 0 aliphatic carbocycles. The predicted octanol–water partition coefficient (Wildman–Crippen LogP) is 2.40. The molecule has 0 unspecified atom stereocenters. The molecule has 0 aromatic heterocycles. The monoisotopic (exact) mass is 210 g/mol. The Morgan fingerprint density at radius 2 is 1.87 bits per heavy atom. The molecule has 0 aromatic carbocycles. The summed E-state index contributed by atoms with van der Waals surface area (Å²) in [6, 6.07) is 0. The number of rotatable bonds is 0. The molecule has 0 bridgehead atoms. The summed E-state index contributed by atoms with van der Waals surface area (Å²) in [7, 11) is 0. The van der Waals surface area contributed by atoms with Gasteiger partial charge in [0, 0.05) is 12.5 Å². The molecule has 1 heterocycles. The second kappa shape index (κ2) is 6.38. The molecule has 0 radical (unpaired) electrons. The van der Waals surface area contributed by atoms with Crippen LogP contribution in [0.15, 0.2) is 12.2 Å². The SMILES string of the molecule is C[C@@H]1CCCCCCC(=O)/C=C/C(=O)O1. The van der Waals surface area contributed by atoms with Crippen LogP contribution < -0.4 is 0 Å². The van der Waals surface area contributed by atoms with Crippen molar-refractivity contribution in [3.63, 3.8) is 0 Å². The van der Waals surface area contributed by atoms with Crippen molar-refractivity contribution in [1.29, 1.82) is 0 Å². The Kier molecular flexibility index (Phi) is 5.08. The van der Waals surface area contributed by atoms with Crippen molar-refractivity contribution in [3.05, 3.63) is 12.2 Å². The minimum absolute atomic E-state index is 0.0141. The number of cyclic esters (lactones) is 1. The molecule has 15 heavy (non-hydrogen) atoms. The molecule has 1 rings (SSSR count). The first kappa shape index (κ1) is 12.0. The highest BCUT2D eigenvalue weighted by molar-refractivity contribution is 5.95. The van der Waals surface area contributed by atoms with Crippen LogP contribution in [0.4, 0.5) is 0 Å². The lowest BCUT2D eigenvalue weighted by atomic mass is 10.1. The first-order chi connectivity index (χ1) is 7.18. The van der Waals surface area contributed by atoms with Crippen molar-refractivity contribution in [1.82, 2.24) is 0 Å². The third kappa shape index (κ3) is 5.35. The quantitative estimate of drug-likeness (QED) is 0.576. The van der Waals surface area contributed by atoms with Crippen molar-refractivity contribution < 1.29 is 14.3 Å². The van der Waals surface area contributed by atoms with E-state index in [1.807, 2.05) is 6.92 Å². The van der Waals surface area contributed by atoms with E-state index in [4.69, 9.17) is 4.74 Å². The maximum Gasteiger partial charge on any atom is 0.331 e. The summed E-state index contributed by atoms with van der Waals surface area (Å²) in [6.07, 6.45) is 8.15. The van der Waals surface area contributed by atoms with Crippen LogP contribution in [0.1, 0.15) is 45.4 Å². The van der Waals surface area contributed by atoms with E-state index < -0.39 is 5.97 Å². The molecule has 0 aromatic rings. The first-order valence-electron chi connectivity index (χ1n) is 5.60. The van der Waals surface area contributed by atoms with Crippen molar-refractivity contribution in [2.24, 2.45) is 0 Å². The van der Waals surface area contributed by atoms with Gasteiger partial charge in [0.2, 0.25) is 0 Å². The largest absolute Gasteiger partial charge is 0.460 e. The Labute approximate surface area is 90.5 Å². The maximum absolute atomic E-state index is 11.2. The number of ketones is 1. The van der Waals surface area contributed by atoms with E-state index >= 15 is 0 Å². The molecule has 3 nitrogen and oxygen atoms in total. The summed E-state index contributed by atoms with van der Waals surface area (Å²) in [4.78, 5) is 22.4. The molecule has 0 spiro atoms. The van der Waals surface area contributed by atoms with Gasteiger partial charge in [-0.2, -0.15) is 0 Å². The highest BCUT2D eigenvalue weighted by atomic mass is 16.5. The molecular weight excluding hydrogens is 192 g/mol. The topological polar surface area (TPSA) is 43.4 Å². The standard InChI is InChI=1S/C12H18O3/c1-10-6-4-2-3-5-7-11(13)8-9-12(14)15-10/h8-10H,2-7H2,1H3/b9-8+/t10-/m1/s1. The number of carbonyl (C=O) groups is 2. The zero-order chi connectivity index (χ0) is 11.1. The fourth-order valence-electron chi connectivity index (χ4n) is 1.63. The van der Waals surface area contributed by atoms with Gasteiger partial charge in [-0.15, -0.1) is 0 Å². The molecule has 1 aliphatic heterocycles. The molecule has 1 aliphatic rings. The van der Waals surface area contributed by atoms with Crippen molar-refractivity contribution >= 4 is 11.8 Å². The molecule has 0 amide bonds. The van der Waals surface area contributed by atoms with Crippen LogP contribution in [0.25, 0.3) is 0 Å². The number of hydrogen-bond donors (Lipinski definition) is 0. The highest BCUT2D eigenvalue weighted by Gasteiger charge is 2.08. The average Bonchev–Trinajstić information content (AvgIpc) is 2.18. The molecule has 0 fully saturated rings. The van der Waals surface area contributed by atoms with Crippen LogP contribution in [0.2, 0.25) is 0 Å². The number of carbonyl (C=O) groups excluding carboxylic acids is 2. The second-order valence-corrected chi connectivity index (χ2v) is 4.00. The van der Waals surface area contributed by atoms with Gasteiger partial charge >= 0.3 is 5.97 Å². The van der Waals surface area contributed by atoms with E-state index in [0.29, 0.717) is 6.42 Å². The van der Waals surface area contributed by atoms with E-state index in [1.165, 1.54) is 12.2 Å². The molecule has 84 valence electrons. The molecule has 0 saturated heterocycles. The minimum atomic E-state index is -0.406. The van der Waals surface area contributed by atoms with Crippen LogP contribution in [0, 0.1) is 0 Å². The number of esters is 1. The molecule has 0 saturated carbocycles. The summed E-state index contributed by atoms with van der Waals surface area (Å²) in [6.45, 7) is 1.89. The van der Waals surface area contributed by atoms with Gasteiger partial charge in [0.1, 0.15) is 0 Å².